The van der Waals surface area contributed by atoms with Gasteiger partial charge in [0.1, 0.15) is 17.5 Å². The summed E-state index contributed by atoms with van der Waals surface area (Å²) in [5.74, 6) is -0.0611. The van der Waals surface area contributed by atoms with Crippen LogP contribution in [0, 0.1) is 0 Å². The summed E-state index contributed by atoms with van der Waals surface area (Å²) in [6.45, 7) is 12.3. The Morgan fingerprint density at radius 2 is 0.900 bits per heavy atom. The number of ether oxygens (including phenoxy) is 2. The van der Waals surface area contributed by atoms with Gasteiger partial charge in [0, 0.05) is 32.5 Å². The molecule has 0 saturated carbocycles. The van der Waals surface area contributed by atoms with Gasteiger partial charge in [-0.15, -0.1) is 0 Å². The highest BCUT2D eigenvalue weighted by Gasteiger charge is 2.20. The molecule has 0 aliphatic carbocycles. The quantitative estimate of drug-likeness (QED) is 0.0373. The lowest BCUT2D eigenvalue weighted by molar-refractivity contribution is -0.150. The van der Waals surface area contributed by atoms with E-state index in [2.05, 4.69) is 36.3 Å². The van der Waals surface area contributed by atoms with Crippen LogP contribution < -0.4 is 21.5 Å². The van der Waals surface area contributed by atoms with Crippen LogP contribution >= 0.6 is 0 Å². The van der Waals surface area contributed by atoms with Crippen molar-refractivity contribution in [3.05, 3.63) is 20.4 Å². The smallest absolute Gasteiger partial charge is 0.306 e. The molecule has 0 spiro atoms. The molecular weight excluding hydrogens is 753 g/mol. The minimum atomic E-state index is -0.426. The number of hydrogen-bond donors (Lipinski definition) is 2. The molecule has 0 fully saturated rings. The third-order valence-corrected chi connectivity index (χ3v) is 11.8. The van der Waals surface area contributed by atoms with Gasteiger partial charge in [-0.05, 0) is 97.9 Å². The maximum absolute atomic E-state index is 12.8. The zero-order chi connectivity index (χ0) is 43.9. The summed E-state index contributed by atoms with van der Waals surface area (Å²) in [6.07, 6.45) is 34.3. The van der Waals surface area contributed by atoms with E-state index in [-0.39, 0.29) is 18.0 Å². The summed E-state index contributed by atoms with van der Waals surface area (Å²) >= 11 is 0. The normalized spacial score (nSPS) is 12.1. The number of unbranched alkanes of at least 4 members (excludes halogenated alkanes) is 21. The summed E-state index contributed by atoms with van der Waals surface area (Å²) in [5, 5.41) is 6.38. The zero-order valence-corrected chi connectivity index (χ0v) is 39.8. The van der Waals surface area contributed by atoms with Gasteiger partial charge in [-0.3, -0.25) is 19.2 Å². The summed E-state index contributed by atoms with van der Waals surface area (Å²) in [5.41, 5.74) is 0.00784. The predicted octanol–water partition coefficient (Wildman–Crippen LogP) is 11.6. The maximum Gasteiger partial charge on any atom is 0.306 e. The molecule has 0 aromatic heterocycles. The number of nitrogens with one attached hydrogen (secondary N) is 2. The Bertz CT molecular complexity index is 1230. The molecule has 60 heavy (non-hydrogen) atoms. The highest BCUT2D eigenvalue weighted by Crippen LogP contribution is 2.18. The SMILES string of the molecule is CCCCCCCCCOC(=O)CCCCCCCN(CCCCCCCC(=O)OC(CCCCCC)CCCCCCC)CCCNc1c(NCCN(C)C)c(=O)c1=O. The van der Waals surface area contributed by atoms with Gasteiger partial charge in [-0.1, -0.05) is 143 Å². The van der Waals surface area contributed by atoms with E-state index in [9.17, 15) is 19.2 Å². The van der Waals surface area contributed by atoms with Crippen molar-refractivity contribution in [2.45, 2.75) is 226 Å². The van der Waals surface area contributed by atoms with Gasteiger partial charge in [0.25, 0.3) is 10.9 Å². The second-order valence-electron chi connectivity index (χ2n) is 17.8. The average molecular weight is 847 g/mol. The van der Waals surface area contributed by atoms with Crippen LogP contribution in [0.3, 0.4) is 0 Å². The molecule has 0 amide bonds. The maximum atomic E-state index is 12.8. The van der Waals surface area contributed by atoms with Crippen LogP contribution in [0.25, 0.3) is 0 Å². The van der Waals surface area contributed by atoms with Gasteiger partial charge in [-0.2, -0.15) is 0 Å². The number of hydrogen-bond acceptors (Lipinski definition) is 10. The van der Waals surface area contributed by atoms with Crippen molar-refractivity contribution in [3.63, 3.8) is 0 Å². The molecule has 1 aromatic carbocycles. The summed E-state index contributed by atoms with van der Waals surface area (Å²) < 4.78 is 11.5. The van der Waals surface area contributed by atoms with Crippen molar-refractivity contribution < 1.29 is 19.1 Å². The molecule has 0 heterocycles. The predicted molar refractivity (Wildman–Crippen MR) is 254 cm³/mol. The van der Waals surface area contributed by atoms with Crippen LogP contribution in [0.5, 0.6) is 0 Å². The molecule has 0 aliphatic heterocycles. The topological polar surface area (TPSA) is 117 Å². The first kappa shape index (κ1) is 55.6. The van der Waals surface area contributed by atoms with Crippen molar-refractivity contribution in [2.24, 2.45) is 0 Å². The molecule has 1 rings (SSSR count). The first-order chi connectivity index (χ1) is 29.2. The molecular formula is C50H94N4O6. The monoisotopic (exact) mass is 847 g/mol. The highest BCUT2D eigenvalue weighted by molar-refractivity contribution is 5.74. The number of nitrogens with zero attached hydrogens (tertiary/aromatic N) is 2. The number of carbonyl (C=O) groups excluding carboxylic acids is 2. The summed E-state index contributed by atoms with van der Waals surface area (Å²) in [6, 6.07) is 0. The first-order valence-corrected chi connectivity index (χ1v) is 25.3. The number of carbonyl (C=O) groups is 2. The van der Waals surface area contributed by atoms with Gasteiger partial charge in [0.2, 0.25) is 0 Å². The van der Waals surface area contributed by atoms with Gasteiger partial charge >= 0.3 is 11.9 Å². The fourth-order valence-corrected chi connectivity index (χ4v) is 7.85. The fraction of sp³-hybridized carbons (Fsp3) is 0.880. The molecule has 1 atom stereocenters. The molecule has 2 N–H and O–H groups in total. The Morgan fingerprint density at radius 1 is 0.483 bits per heavy atom. The van der Waals surface area contributed by atoms with Crippen LogP contribution in [0.15, 0.2) is 9.59 Å². The third-order valence-electron chi connectivity index (χ3n) is 11.8. The van der Waals surface area contributed by atoms with E-state index in [1.165, 1.54) is 77.0 Å². The molecule has 1 unspecified atom stereocenters. The minimum absolute atomic E-state index is 0.0113. The third kappa shape index (κ3) is 30.5. The number of likely N-dealkylation sites (N-methyl/N-ethyl adjacent to an activating group) is 1. The van der Waals surface area contributed by atoms with Crippen molar-refractivity contribution in [1.82, 2.24) is 9.80 Å². The van der Waals surface area contributed by atoms with Gasteiger partial charge in [0.15, 0.2) is 0 Å². The van der Waals surface area contributed by atoms with E-state index in [1.54, 1.807) is 0 Å². The molecule has 10 nitrogen and oxygen atoms in total. The number of rotatable bonds is 45. The lowest BCUT2D eigenvalue weighted by atomic mass is 10.0. The molecule has 1 aromatic rings. The molecule has 0 radical (unpaired) electrons. The van der Waals surface area contributed by atoms with Crippen LogP contribution in [-0.2, 0) is 19.1 Å². The molecule has 350 valence electrons. The largest absolute Gasteiger partial charge is 0.466 e. The van der Waals surface area contributed by atoms with Crippen molar-refractivity contribution in [1.29, 1.82) is 0 Å². The number of esters is 2. The van der Waals surface area contributed by atoms with E-state index >= 15 is 0 Å². The lowest BCUT2D eigenvalue weighted by Crippen LogP contribution is -2.39. The summed E-state index contributed by atoms with van der Waals surface area (Å²) in [7, 11) is 3.96. The van der Waals surface area contributed by atoms with Crippen LogP contribution in [-0.4, -0.2) is 87.8 Å². The fourth-order valence-electron chi connectivity index (χ4n) is 7.85. The van der Waals surface area contributed by atoms with E-state index < -0.39 is 10.9 Å². The standard InChI is InChI=1S/C50H94N4O6/c1-6-9-12-15-16-24-31-43-59-45(55)35-27-20-17-22-29-39-54(41-32-37-51-47-48(50(58)49(47)57)52-38-42-53(4)5)40-30-23-18-21-28-36-46(56)60-44(33-25-14-11-8-3)34-26-19-13-10-7-2/h44,51-52H,6-43H2,1-5H3. The van der Waals surface area contributed by atoms with Gasteiger partial charge in [-0.25, -0.2) is 0 Å². The highest BCUT2D eigenvalue weighted by atomic mass is 16.5. The molecule has 0 saturated heterocycles. The Kier molecular flexibility index (Phi) is 36.5. The van der Waals surface area contributed by atoms with Crippen molar-refractivity contribution >= 4 is 23.3 Å². The summed E-state index contributed by atoms with van der Waals surface area (Å²) in [4.78, 5) is 53.9. The Balaban J connectivity index is 2.43. The van der Waals surface area contributed by atoms with Gasteiger partial charge in [0.05, 0.1) is 6.61 Å². The first-order valence-electron chi connectivity index (χ1n) is 25.3. The van der Waals surface area contributed by atoms with Crippen molar-refractivity contribution in [3.8, 4) is 0 Å². The Morgan fingerprint density at radius 3 is 1.43 bits per heavy atom. The van der Waals surface area contributed by atoms with Crippen molar-refractivity contribution in [2.75, 3.05) is 70.6 Å². The molecule has 0 aliphatic rings. The van der Waals surface area contributed by atoms with E-state index in [0.29, 0.717) is 43.9 Å². The van der Waals surface area contributed by atoms with Crippen LogP contribution in [0.4, 0.5) is 11.4 Å². The minimum Gasteiger partial charge on any atom is -0.466 e. The van der Waals surface area contributed by atoms with Crippen LogP contribution in [0.2, 0.25) is 0 Å². The number of anilines is 2. The molecule has 10 heteroatoms. The lowest BCUT2D eigenvalue weighted by Gasteiger charge is -2.23. The Labute approximate surface area is 368 Å². The zero-order valence-electron chi connectivity index (χ0n) is 39.8. The average Bonchev–Trinajstić information content (AvgIpc) is 3.23. The molecule has 0 bridgehead atoms. The van der Waals surface area contributed by atoms with Gasteiger partial charge < -0.3 is 29.9 Å². The van der Waals surface area contributed by atoms with E-state index in [1.807, 2.05) is 19.0 Å². The van der Waals surface area contributed by atoms with E-state index in [4.69, 9.17) is 9.47 Å². The second-order valence-corrected chi connectivity index (χ2v) is 17.8. The van der Waals surface area contributed by atoms with E-state index in [0.717, 1.165) is 135 Å². The Hall–Kier alpha value is -2.46. The second kappa shape index (κ2) is 39.4. The van der Waals surface area contributed by atoms with Crippen LogP contribution in [0.1, 0.15) is 220 Å².